The first-order valence-corrected chi connectivity index (χ1v) is 8.91. The highest BCUT2D eigenvalue weighted by molar-refractivity contribution is 5.97. The molecule has 3 rings (SSSR count). The molecule has 25 heavy (non-hydrogen) atoms. The maximum absolute atomic E-state index is 12.6. The second-order valence-electron chi connectivity index (χ2n) is 7.11. The monoisotopic (exact) mass is 331 g/mol. The van der Waals surface area contributed by atoms with E-state index in [1.165, 1.54) is 10.9 Å². The number of anilines is 1. The van der Waals surface area contributed by atoms with Crippen LogP contribution in [0.15, 0.2) is 66.7 Å². The molecule has 0 saturated carbocycles. The minimum Gasteiger partial charge on any atom is -0.326 e. The van der Waals surface area contributed by atoms with Crippen molar-refractivity contribution in [3.8, 4) is 0 Å². The number of carbonyl (C=O) groups is 1. The van der Waals surface area contributed by atoms with Crippen molar-refractivity contribution in [2.75, 3.05) is 5.32 Å². The number of benzene rings is 3. The Balaban J connectivity index is 1.70. The molecule has 0 bridgehead atoms. The van der Waals surface area contributed by atoms with Gasteiger partial charge in [0, 0.05) is 5.69 Å². The standard InChI is InChI=1S/C23H25NO/c1-16(2)14-18-8-10-19(11-9-18)17(3)23(25)24-22-13-12-20-6-4-5-7-21(20)15-22/h4-13,15-17H,14H2,1-3H3,(H,24,25)/t17-/m0/s1. The second-order valence-corrected chi connectivity index (χ2v) is 7.11. The third-order valence-electron chi connectivity index (χ3n) is 4.53. The predicted molar refractivity (Wildman–Crippen MR) is 106 cm³/mol. The number of rotatable bonds is 5. The molecule has 0 heterocycles. The largest absolute Gasteiger partial charge is 0.326 e. The Kier molecular flexibility index (Phi) is 5.18. The molecule has 2 nitrogen and oxygen atoms in total. The lowest BCUT2D eigenvalue weighted by atomic mass is 9.96. The second kappa shape index (κ2) is 7.52. The fourth-order valence-electron chi connectivity index (χ4n) is 3.08. The molecule has 0 aromatic heterocycles. The van der Waals surface area contributed by atoms with Crippen LogP contribution in [0.5, 0.6) is 0 Å². The molecule has 0 aliphatic carbocycles. The molecule has 0 saturated heterocycles. The summed E-state index contributed by atoms with van der Waals surface area (Å²) in [6.45, 7) is 6.38. The SMILES string of the molecule is CC(C)Cc1ccc([C@H](C)C(=O)Nc2ccc3ccccc3c2)cc1. The Labute approximate surface area is 149 Å². The Bertz CT molecular complexity index is 865. The Hall–Kier alpha value is -2.61. The van der Waals surface area contributed by atoms with Crippen LogP contribution in [0.4, 0.5) is 5.69 Å². The topological polar surface area (TPSA) is 29.1 Å². The van der Waals surface area contributed by atoms with E-state index in [1.807, 2.05) is 37.3 Å². The molecular formula is C23H25NO. The first-order valence-electron chi connectivity index (χ1n) is 8.91. The minimum absolute atomic E-state index is 0.0203. The van der Waals surface area contributed by atoms with Gasteiger partial charge >= 0.3 is 0 Å². The van der Waals surface area contributed by atoms with Crippen molar-refractivity contribution in [2.45, 2.75) is 33.1 Å². The predicted octanol–water partition coefficient (Wildman–Crippen LogP) is 5.78. The highest BCUT2D eigenvalue weighted by Crippen LogP contribution is 2.22. The van der Waals surface area contributed by atoms with Gasteiger partial charge in [-0.15, -0.1) is 0 Å². The van der Waals surface area contributed by atoms with Gasteiger partial charge in [0.05, 0.1) is 5.92 Å². The summed E-state index contributed by atoms with van der Waals surface area (Å²) in [6, 6.07) is 22.6. The van der Waals surface area contributed by atoms with Crippen molar-refractivity contribution in [1.82, 2.24) is 0 Å². The molecule has 0 aliphatic heterocycles. The van der Waals surface area contributed by atoms with E-state index in [9.17, 15) is 4.79 Å². The summed E-state index contributed by atoms with van der Waals surface area (Å²) in [5.74, 6) is 0.478. The summed E-state index contributed by atoms with van der Waals surface area (Å²) in [7, 11) is 0. The lowest BCUT2D eigenvalue weighted by molar-refractivity contribution is -0.117. The molecule has 0 spiro atoms. The third kappa shape index (κ3) is 4.27. The van der Waals surface area contributed by atoms with Gasteiger partial charge in [-0.1, -0.05) is 68.4 Å². The maximum atomic E-state index is 12.6. The Morgan fingerprint density at radius 3 is 2.24 bits per heavy atom. The number of hydrogen-bond donors (Lipinski definition) is 1. The van der Waals surface area contributed by atoms with Crippen LogP contribution in [0.25, 0.3) is 10.8 Å². The van der Waals surface area contributed by atoms with Gasteiger partial charge in [-0.05, 0) is 53.3 Å². The maximum Gasteiger partial charge on any atom is 0.231 e. The van der Waals surface area contributed by atoms with Gasteiger partial charge in [-0.2, -0.15) is 0 Å². The van der Waals surface area contributed by atoms with Gasteiger partial charge in [0.1, 0.15) is 0 Å². The zero-order valence-electron chi connectivity index (χ0n) is 15.1. The molecule has 1 N–H and O–H groups in total. The van der Waals surface area contributed by atoms with Gasteiger partial charge in [-0.25, -0.2) is 0 Å². The lowest BCUT2D eigenvalue weighted by Gasteiger charge is -2.14. The van der Waals surface area contributed by atoms with Crippen LogP contribution in [0.3, 0.4) is 0 Å². The van der Waals surface area contributed by atoms with E-state index in [1.54, 1.807) is 0 Å². The summed E-state index contributed by atoms with van der Waals surface area (Å²) in [6.07, 6.45) is 1.07. The lowest BCUT2D eigenvalue weighted by Crippen LogP contribution is -2.18. The van der Waals surface area contributed by atoms with Crippen molar-refractivity contribution in [1.29, 1.82) is 0 Å². The van der Waals surface area contributed by atoms with E-state index in [2.05, 4.69) is 55.6 Å². The van der Waals surface area contributed by atoms with Crippen molar-refractivity contribution >= 4 is 22.4 Å². The fourth-order valence-corrected chi connectivity index (χ4v) is 3.08. The van der Waals surface area contributed by atoms with Gasteiger partial charge in [0.2, 0.25) is 5.91 Å². The highest BCUT2D eigenvalue weighted by Gasteiger charge is 2.15. The molecule has 1 amide bonds. The number of fused-ring (bicyclic) bond motifs is 1. The van der Waals surface area contributed by atoms with E-state index in [4.69, 9.17) is 0 Å². The molecule has 0 fully saturated rings. The molecule has 0 radical (unpaired) electrons. The fraction of sp³-hybridized carbons (Fsp3) is 0.261. The first-order chi connectivity index (χ1) is 12.0. The molecule has 3 aromatic carbocycles. The van der Waals surface area contributed by atoms with Gasteiger partial charge in [-0.3, -0.25) is 4.79 Å². The van der Waals surface area contributed by atoms with E-state index in [0.29, 0.717) is 5.92 Å². The van der Waals surface area contributed by atoms with E-state index < -0.39 is 0 Å². The van der Waals surface area contributed by atoms with Crippen LogP contribution >= 0.6 is 0 Å². The first kappa shape index (κ1) is 17.2. The summed E-state index contributed by atoms with van der Waals surface area (Å²) >= 11 is 0. The third-order valence-corrected chi connectivity index (χ3v) is 4.53. The number of carbonyl (C=O) groups excluding carboxylic acids is 1. The number of nitrogens with one attached hydrogen (secondary N) is 1. The zero-order valence-corrected chi connectivity index (χ0v) is 15.1. The van der Waals surface area contributed by atoms with E-state index in [-0.39, 0.29) is 11.8 Å². The summed E-state index contributed by atoms with van der Waals surface area (Å²) in [5.41, 5.74) is 3.21. The summed E-state index contributed by atoms with van der Waals surface area (Å²) in [4.78, 5) is 12.6. The highest BCUT2D eigenvalue weighted by atomic mass is 16.1. The van der Waals surface area contributed by atoms with Gasteiger partial charge in [0.15, 0.2) is 0 Å². The molecule has 2 heteroatoms. The average Bonchev–Trinajstić information content (AvgIpc) is 2.61. The van der Waals surface area contributed by atoms with E-state index in [0.717, 1.165) is 23.1 Å². The molecular weight excluding hydrogens is 306 g/mol. The summed E-state index contributed by atoms with van der Waals surface area (Å²) in [5, 5.41) is 5.35. The molecule has 1 atom stereocenters. The molecule has 128 valence electrons. The van der Waals surface area contributed by atoms with Crippen LogP contribution < -0.4 is 5.32 Å². The smallest absolute Gasteiger partial charge is 0.231 e. The Morgan fingerprint density at radius 1 is 0.880 bits per heavy atom. The van der Waals surface area contributed by atoms with Crippen molar-refractivity contribution < 1.29 is 4.79 Å². The van der Waals surface area contributed by atoms with Gasteiger partial charge < -0.3 is 5.32 Å². The van der Waals surface area contributed by atoms with Crippen LogP contribution in [0.1, 0.15) is 37.8 Å². The quantitative estimate of drug-likeness (QED) is 0.631. The summed E-state index contributed by atoms with van der Waals surface area (Å²) < 4.78 is 0. The van der Waals surface area contributed by atoms with Crippen molar-refractivity contribution in [3.05, 3.63) is 77.9 Å². The Morgan fingerprint density at radius 2 is 1.56 bits per heavy atom. The normalized spacial score (nSPS) is 12.3. The van der Waals surface area contributed by atoms with Crippen molar-refractivity contribution in [2.24, 2.45) is 5.92 Å². The van der Waals surface area contributed by atoms with Crippen LogP contribution in [0, 0.1) is 5.92 Å². The zero-order chi connectivity index (χ0) is 17.8. The number of amides is 1. The van der Waals surface area contributed by atoms with Gasteiger partial charge in [0.25, 0.3) is 0 Å². The van der Waals surface area contributed by atoms with Crippen LogP contribution in [0.2, 0.25) is 0 Å². The minimum atomic E-state index is -0.181. The van der Waals surface area contributed by atoms with Crippen molar-refractivity contribution in [3.63, 3.8) is 0 Å². The molecule has 0 aliphatic rings. The number of hydrogen-bond acceptors (Lipinski definition) is 1. The van der Waals surface area contributed by atoms with Crippen LogP contribution in [-0.2, 0) is 11.2 Å². The van der Waals surface area contributed by atoms with Crippen LogP contribution in [-0.4, -0.2) is 5.91 Å². The van der Waals surface area contributed by atoms with E-state index >= 15 is 0 Å². The average molecular weight is 331 g/mol. The molecule has 0 unspecified atom stereocenters. The molecule has 3 aromatic rings.